The van der Waals surface area contributed by atoms with Crippen molar-refractivity contribution in [2.75, 3.05) is 5.75 Å². The molecule has 1 unspecified atom stereocenters. The smallest absolute Gasteiger partial charge is 0.0449 e. The van der Waals surface area contributed by atoms with Crippen LogP contribution in [0.5, 0.6) is 0 Å². The van der Waals surface area contributed by atoms with Crippen LogP contribution in [-0.4, -0.2) is 17.0 Å². The highest BCUT2D eigenvalue weighted by molar-refractivity contribution is 9.10. The van der Waals surface area contributed by atoms with Gasteiger partial charge in [0.15, 0.2) is 0 Å². The van der Waals surface area contributed by atoms with Crippen molar-refractivity contribution in [1.29, 1.82) is 0 Å². The first-order valence-electron chi connectivity index (χ1n) is 5.54. The Morgan fingerprint density at radius 3 is 2.71 bits per heavy atom. The van der Waals surface area contributed by atoms with Crippen molar-refractivity contribution in [3.05, 3.63) is 33.3 Å². The third-order valence-corrected chi connectivity index (χ3v) is 4.45. The zero-order chi connectivity index (χ0) is 12.8. The Balaban J connectivity index is 2.60. The summed E-state index contributed by atoms with van der Waals surface area (Å²) in [6.45, 7) is 4.37. The van der Waals surface area contributed by atoms with Crippen LogP contribution < -0.4 is 11.3 Å². The second-order valence-electron chi connectivity index (χ2n) is 4.19. The molecule has 1 aromatic rings. The van der Waals surface area contributed by atoms with Gasteiger partial charge in [-0.1, -0.05) is 47.4 Å². The fourth-order valence-corrected chi connectivity index (χ4v) is 3.01. The maximum absolute atomic E-state index is 6.19. The van der Waals surface area contributed by atoms with Crippen LogP contribution in [0.2, 0.25) is 5.02 Å². The zero-order valence-electron chi connectivity index (χ0n) is 10.0. The van der Waals surface area contributed by atoms with Gasteiger partial charge < -0.3 is 0 Å². The van der Waals surface area contributed by atoms with Crippen LogP contribution in [0.25, 0.3) is 0 Å². The van der Waals surface area contributed by atoms with Gasteiger partial charge in [-0.2, -0.15) is 11.8 Å². The Labute approximate surface area is 121 Å². The number of benzene rings is 1. The predicted octanol–water partition coefficient (Wildman–Crippen LogP) is 3.62. The van der Waals surface area contributed by atoms with Gasteiger partial charge in [0, 0.05) is 21.3 Å². The molecule has 0 aliphatic heterocycles. The van der Waals surface area contributed by atoms with E-state index in [0.717, 1.165) is 27.2 Å². The molecule has 0 fully saturated rings. The van der Waals surface area contributed by atoms with Gasteiger partial charge in [0.1, 0.15) is 0 Å². The molecule has 0 saturated carbocycles. The SMILES string of the molecule is CC(C)SCC(Cc1ccc(Br)cc1Cl)NN. The Morgan fingerprint density at radius 1 is 1.47 bits per heavy atom. The number of nitrogens with one attached hydrogen (secondary N) is 1. The summed E-state index contributed by atoms with van der Waals surface area (Å²) in [6.07, 6.45) is 0.850. The van der Waals surface area contributed by atoms with Crippen LogP contribution in [0.4, 0.5) is 0 Å². The molecule has 0 aromatic heterocycles. The molecule has 1 atom stereocenters. The summed E-state index contributed by atoms with van der Waals surface area (Å²) in [4.78, 5) is 0. The number of halogens is 2. The van der Waals surface area contributed by atoms with Crippen LogP contribution in [0.3, 0.4) is 0 Å². The van der Waals surface area contributed by atoms with Crippen molar-refractivity contribution in [3.8, 4) is 0 Å². The molecule has 0 bridgehead atoms. The van der Waals surface area contributed by atoms with Crippen molar-refractivity contribution in [3.63, 3.8) is 0 Å². The van der Waals surface area contributed by atoms with E-state index in [1.807, 2.05) is 30.0 Å². The van der Waals surface area contributed by atoms with Gasteiger partial charge in [0.2, 0.25) is 0 Å². The molecule has 0 radical (unpaired) electrons. The fraction of sp³-hybridized carbons (Fsp3) is 0.500. The Kier molecular flexibility index (Phi) is 6.89. The Hall–Kier alpha value is 0.260. The van der Waals surface area contributed by atoms with Crippen molar-refractivity contribution >= 4 is 39.3 Å². The maximum atomic E-state index is 6.19. The van der Waals surface area contributed by atoms with Crippen LogP contribution >= 0.6 is 39.3 Å². The lowest BCUT2D eigenvalue weighted by atomic mass is 10.1. The summed E-state index contributed by atoms with van der Waals surface area (Å²) in [5.74, 6) is 6.56. The number of hydrazine groups is 1. The van der Waals surface area contributed by atoms with Gasteiger partial charge in [-0.3, -0.25) is 11.3 Å². The van der Waals surface area contributed by atoms with Crippen LogP contribution in [0.15, 0.2) is 22.7 Å². The molecule has 0 aliphatic rings. The zero-order valence-corrected chi connectivity index (χ0v) is 13.2. The summed E-state index contributed by atoms with van der Waals surface area (Å²) >= 11 is 11.5. The summed E-state index contributed by atoms with van der Waals surface area (Å²) in [7, 11) is 0. The van der Waals surface area contributed by atoms with Crippen LogP contribution in [0, 0.1) is 0 Å². The molecule has 1 rings (SSSR count). The second kappa shape index (κ2) is 7.64. The number of nitrogens with two attached hydrogens (primary N) is 1. The van der Waals surface area contributed by atoms with Gasteiger partial charge in [-0.05, 0) is 29.4 Å². The number of rotatable bonds is 6. The maximum Gasteiger partial charge on any atom is 0.0449 e. The lowest BCUT2D eigenvalue weighted by Gasteiger charge is -2.17. The quantitative estimate of drug-likeness (QED) is 0.615. The van der Waals surface area contributed by atoms with E-state index >= 15 is 0 Å². The fourth-order valence-electron chi connectivity index (χ4n) is 1.43. The highest BCUT2D eigenvalue weighted by Crippen LogP contribution is 2.23. The molecule has 5 heteroatoms. The minimum absolute atomic E-state index is 0.251. The summed E-state index contributed by atoms with van der Waals surface area (Å²) in [5.41, 5.74) is 3.98. The standard InChI is InChI=1S/C12H18BrClN2S/c1-8(2)17-7-11(16-15)5-9-3-4-10(13)6-12(9)14/h3-4,6,8,11,16H,5,7,15H2,1-2H3. The number of hydrogen-bond donors (Lipinski definition) is 2. The van der Waals surface area contributed by atoms with E-state index < -0.39 is 0 Å². The van der Waals surface area contributed by atoms with E-state index in [1.165, 1.54) is 0 Å². The molecule has 2 nitrogen and oxygen atoms in total. The molecule has 0 heterocycles. The Morgan fingerprint density at radius 2 is 2.18 bits per heavy atom. The highest BCUT2D eigenvalue weighted by Gasteiger charge is 2.11. The molecule has 0 saturated heterocycles. The van der Waals surface area contributed by atoms with Crippen molar-refractivity contribution < 1.29 is 0 Å². The van der Waals surface area contributed by atoms with E-state index in [0.29, 0.717) is 5.25 Å². The number of thioether (sulfide) groups is 1. The van der Waals surface area contributed by atoms with Gasteiger partial charge in [0.25, 0.3) is 0 Å². The molecule has 17 heavy (non-hydrogen) atoms. The van der Waals surface area contributed by atoms with E-state index in [1.54, 1.807) is 0 Å². The minimum atomic E-state index is 0.251. The van der Waals surface area contributed by atoms with Gasteiger partial charge in [-0.25, -0.2) is 0 Å². The first-order valence-corrected chi connectivity index (χ1v) is 7.76. The molecule has 0 spiro atoms. The van der Waals surface area contributed by atoms with Crippen molar-refractivity contribution in [2.24, 2.45) is 5.84 Å². The van der Waals surface area contributed by atoms with Crippen molar-refractivity contribution in [1.82, 2.24) is 5.43 Å². The highest BCUT2D eigenvalue weighted by atomic mass is 79.9. The third-order valence-electron chi connectivity index (χ3n) is 2.35. The largest absolute Gasteiger partial charge is 0.271 e. The Bertz CT molecular complexity index is 360. The molecule has 96 valence electrons. The molecule has 0 aliphatic carbocycles. The van der Waals surface area contributed by atoms with E-state index in [2.05, 4.69) is 35.2 Å². The molecule has 1 aromatic carbocycles. The van der Waals surface area contributed by atoms with Crippen molar-refractivity contribution in [2.45, 2.75) is 31.6 Å². The van der Waals surface area contributed by atoms with Crippen LogP contribution in [-0.2, 0) is 6.42 Å². The summed E-state index contributed by atoms with van der Waals surface area (Å²) in [5, 5.41) is 1.40. The van der Waals surface area contributed by atoms with E-state index in [9.17, 15) is 0 Å². The average molecular weight is 338 g/mol. The first-order chi connectivity index (χ1) is 8.02. The topological polar surface area (TPSA) is 38.0 Å². The normalized spacial score (nSPS) is 13.1. The van der Waals surface area contributed by atoms with E-state index in [4.69, 9.17) is 17.4 Å². The van der Waals surface area contributed by atoms with Crippen LogP contribution in [0.1, 0.15) is 19.4 Å². The molecule has 0 amide bonds. The van der Waals surface area contributed by atoms with Gasteiger partial charge in [-0.15, -0.1) is 0 Å². The van der Waals surface area contributed by atoms with E-state index in [-0.39, 0.29) is 6.04 Å². The average Bonchev–Trinajstić information content (AvgIpc) is 2.26. The monoisotopic (exact) mass is 336 g/mol. The predicted molar refractivity (Wildman–Crippen MR) is 81.6 cm³/mol. The van der Waals surface area contributed by atoms with Gasteiger partial charge >= 0.3 is 0 Å². The first kappa shape index (κ1) is 15.3. The second-order valence-corrected chi connectivity index (χ2v) is 7.12. The molecular weight excluding hydrogens is 320 g/mol. The lowest BCUT2D eigenvalue weighted by molar-refractivity contribution is 0.575. The summed E-state index contributed by atoms with van der Waals surface area (Å²) < 4.78 is 1.00. The minimum Gasteiger partial charge on any atom is -0.271 e. The van der Waals surface area contributed by atoms with Gasteiger partial charge in [0.05, 0.1) is 0 Å². The lowest BCUT2D eigenvalue weighted by Crippen LogP contribution is -2.39. The third kappa shape index (κ3) is 5.62. The molecular formula is C12H18BrClN2S. The summed E-state index contributed by atoms with van der Waals surface area (Å²) in [6, 6.07) is 6.21. The number of hydrogen-bond acceptors (Lipinski definition) is 3. The molecule has 3 N–H and O–H groups in total.